The summed E-state index contributed by atoms with van der Waals surface area (Å²) in [7, 11) is 0. The molecule has 2 aromatic heterocycles. The van der Waals surface area contributed by atoms with Gasteiger partial charge in [-0.25, -0.2) is 4.98 Å². The summed E-state index contributed by atoms with van der Waals surface area (Å²) in [6.45, 7) is 1.79. The summed E-state index contributed by atoms with van der Waals surface area (Å²) in [5.74, 6) is -0.491. The summed E-state index contributed by atoms with van der Waals surface area (Å²) in [6.07, 6.45) is 5.44. The van der Waals surface area contributed by atoms with Gasteiger partial charge in [0, 0.05) is 11.3 Å². The average molecular weight is 339 g/mol. The smallest absolute Gasteiger partial charge is 0.260 e. The fraction of sp³-hybridized carbons (Fsp3) is 0.278. The summed E-state index contributed by atoms with van der Waals surface area (Å²) < 4.78 is 1.73. The largest absolute Gasteiger partial charge is 0.365 e. The molecule has 1 amide bonds. The van der Waals surface area contributed by atoms with E-state index in [-0.39, 0.29) is 0 Å². The quantitative estimate of drug-likeness (QED) is 0.745. The van der Waals surface area contributed by atoms with Crippen LogP contribution in [0.5, 0.6) is 0 Å². The summed E-state index contributed by atoms with van der Waals surface area (Å²) in [5.41, 5.74) is 10.9. The van der Waals surface area contributed by atoms with Crippen molar-refractivity contribution < 1.29 is 9.59 Å². The molecule has 2 heterocycles. The Morgan fingerprint density at radius 2 is 2.04 bits per heavy atom. The molecule has 0 atom stereocenters. The Morgan fingerprint density at radius 1 is 1.29 bits per heavy atom. The Balaban J connectivity index is 1.91. The highest BCUT2D eigenvalue weighted by Crippen LogP contribution is 2.32. The second-order valence-corrected chi connectivity index (χ2v) is 7.13. The maximum Gasteiger partial charge on any atom is 0.260 e. The van der Waals surface area contributed by atoms with Crippen molar-refractivity contribution in [3.05, 3.63) is 45.6 Å². The predicted molar refractivity (Wildman–Crippen MR) is 93.8 cm³/mol. The molecule has 2 N–H and O–H groups in total. The molecule has 1 aromatic carbocycles. The Labute approximate surface area is 143 Å². The van der Waals surface area contributed by atoms with Crippen LogP contribution in [0.1, 0.15) is 49.8 Å². The van der Waals surface area contributed by atoms with Crippen LogP contribution in [0.4, 0.5) is 0 Å². The van der Waals surface area contributed by atoms with Gasteiger partial charge in [0.15, 0.2) is 11.2 Å². The van der Waals surface area contributed by atoms with Crippen molar-refractivity contribution >= 4 is 28.5 Å². The van der Waals surface area contributed by atoms with Crippen LogP contribution >= 0.6 is 11.3 Å². The fourth-order valence-electron chi connectivity index (χ4n) is 3.50. The zero-order chi connectivity index (χ0) is 16.8. The standard InChI is InChI=1S/C18H17N3O2S/c1-10-16(17(19)23)24-18-20-15(14(9-22)21(10)18)13-7-6-11-4-2-3-5-12(11)8-13/h6-9H,2-5H2,1H3,(H2,19,23). The summed E-state index contributed by atoms with van der Waals surface area (Å²) in [6, 6.07) is 6.33. The van der Waals surface area contributed by atoms with E-state index in [1.807, 2.05) is 6.07 Å². The molecular weight excluding hydrogens is 322 g/mol. The molecule has 0 radical (unpaired) electrons. The van der Waals surface area contributed by atoms with Crippen LogP contribution in [-0.4, -0.2) is 21.6 Å². The third kappa shape index (κ3) is 2.17. The first-order valence-electron chi connectivity index (χ1n) is 7.99. The number of nitrogens with zero attached hydrogens (tertiary/aromatic N) is 2. The van der Waals surface area contributed by atoms with Crippen molar-refractivity contribution in [2.75, 3.05) is 0 Å². The fourth-order valence-corrected chi connectivity index (χ4v) is 4.49. The average Bonchev–Trinajstić information content (AvgIpc) is 3.11. The normalized spacial score (nSPS) is 13.9. The second kappa shape index (κ2) is 5.56. The van der Waals surface area contributed by atoms with E-state index >= 15 is 0 Å². The van der Waals surface area contributed by atoms with Crippen molar-refractivity contribution in [2.24, 2.45) is 5.73 Å². The van der Waals surface area contributed by atoms with Crippen molar-refractivity contribution in [3.63, 3.8) is 0 Å². The molecule has 122 valence electrons. The number of carbonyl (C=O) groups is 2. The highest BCUT2D eigenvalue weighted by Gasteiger charge is 2.22. The Bertz CT molecular complexity index is 984. The molecular formula is C18H17N3O2S. The SMILES string of the molecule is Cc1c(C(N)=O)sc2nc(-c3ccc4c(c3)CCCC4)c(C=O)n12. The number of thiazole rings is 1. The molecule has 0 spiro atoms. The van der Waals surface area contributed by atoms with Gasteiger partial charge in [0.2, 0.25) is 0 Å². The minimum absolute atomic E-state index is 0.442. The molecule has 1 aliphatic rings. The zero-order valence-electron chi connectivity index (χ0n) is 13.3. The third-order valence-corrected chi connectivity index (χ3v) is 5.85. The number of primary amides is 1. The van der Waals surface area contributed by atoms with Gasteiger partial charge in [0.05, 0.1) is 0 Å². The van der Waals surface area contributed by atoms with E-state index in [2.05, 4.69) is 17.1 Å². The first-order chi connectivity index (χ1) is 11.6. The monoisotopic (exact) mass is 339 g/mol. The molecule has 0 aliphatic heterocycles. The molecule has 1 aliphatic carbocycles. The van der Waals surface area contributed by atoms with Gasteiger partial charge in [0.25, 0.3) is 5.91 Å². The summed E-state index contributed by atoms with van der Waals surface area (Å²) >= 11 is 1.22. The lowest BCUT2D eigenvalue weighted by Crippen LogP contribution is -2.11. The summed E-state index contributed by atoms with van der Waals surface area (Å²) in [4.78, 5) is 28.9. The number of aromatic nitrogens is 2. The molecule has 0 saturated heterocycles. The molecule has 0 fully saturated rings. The number of aryl methyl sites for hydroxylation is 3. The summed E-state index contributed by atoms with van der Waals surface area (Å²) in [5, 5.41) is 0. The van der Waals surface area contributed by atoms with E-state index in [1.165, 1.54) is 35.3 Å². The third-order valence-electron chi connectivity index (χ3n) is 4.70. The van der Waals surface area contributed by atoms with Gasteiger partial charge in [-0.15, -0.1) is 0 Å². The van der Waals surface area contributed by atoms with Crippen molar-refractivity contribution in [3.8, 4) is 11.3 Å². The van der Waals surface area contributed by atoms with E-state index in [0.29, 0.717) is 26.9 Å². The minimum atomic E-state index is -0.491. The lowest BCUT2D eigenvalue weighted by Gasteiger charge is -2.16. The predicted octanol–water partition coefficient (Wildman–Crippen LogP) is 3.16. The van der Waals surface area contributed by atoms with Gasteiger partial charge < -0.3 is 5.73 Å². The zero-order valence-corrected chi connectivity index (χ0v) is 14.2. The number of fused-ring (bicyclic) bond motifs is 2. The van der Waals surface area contributed by atoms with Crippen LogP contribution in [0.15, 0.2) is 18.2 Å². The number of nitrogens with two attached hydrogens (primary N) is 1. The Kier molecular flexibility index (Phi) is 3.49. The number of amides is 1. The maximum atomic E-state index is 11.7. The number of benzene rings is 1. The molecule has 4 rings (SSSR count). The van der Waals surface area contributed by atoms with E-state index in [0.717, 1.165) is 24.7 Å². The lowest BCUT2D eigenvalue weighted by molar-refractivity contribution is 0.100. The van der Waals surface area contributed by atoms with Crippen LogP contribution in [0.25, 0.3) is 16.2 Å². The number of imidazole rings is 1. The molecule has 3 aromatic rings. The molecule has 24 heavy (non-hydrogen) atoms. The van der Waals surface area contributed by atoms with Gasteiger partial charge >= 0.3 is 0 Å². The van der Waals surface area contributed by atoms with E-state index < -0.39 is 5.91 Å². The first kappa shape index (κ1) is 15.1. The van der Waals surface area contributed by atoms with Crippen LogP contribution in [0.3, 0.4) is 0 Å². The van der Waals surface area contributed by atoms with E-state index in [1.54, 1.807) is 11.3 Å². The van der Waals surface area contributed by atoms with Crippen LogP contribution in [0, 0.1) is 6.92 Å². The Hall–Kier alpha value is -2.47. The van der Waals surface area contributed by atoms with Gasteiger partial charge in [-0.3, -0.25) is 14.0 Å². The van der Waals surface area contributed by atoms with E-state index in [4.69, 9.17) is 5.73 Å². The highest BCUT2D eigenvalue weighted by atomic mass is 32.1. The van der Waals surface area contributed by atoms with Crippen LogP contribution < -0.4 is 5.73 Å². The number of aldehydes is 1. The molecule has 0 saturated carbocycles. The van der Waals surface area contributed by atoms with Gasteiger partial charge in [-0.05, 0) is 49.8 Å². The van der Waals surface area contributed by atoms with Gasteiger partial charge in [0.1, 0.15) is 16.3 Å². The Morgan fingerprint density at radius 3 is 2.75 bits per heavy atom. The molecule has 0 unspecified atom stereocenters. The molecule has 0 bridgehead atoms. The highest BCUT2D eigenvalue weighted by molar-refractivity contribution is 7.19. The minimum Gasteiger partial charge on any atom is -0.365 e. The second-order valence-electron chi connectivity index (χ2n) is 6.15. The number of hydrogen-bond acceptors (Lipinski definition) is 4. The van der Waals surface area contributed by atoms with Crippen LogP contribution in [0.2, 0.25) is 0 Å². The number of hydrogen-bond donors (Lipinski definition) is 1. The topological polar surface area (TPSA) is 77.5 Å². The van der Waals surface area contributed by atoms with Crippen molar-refractivity contribution in [1.82, 2.24) is 9.38 Å². The molecule has 6 heteroatoms. The van der Waals surface area contributed by atoms with Crippen molar-refractivity contribution in [1.29, 1.82) is 0 Å². The first-order valence-corrected chi connectivity index (χ1v) is 8.81. The van der Waals surface area contributed by atoms with Gasteiger partial charge in [-0.1, -0.05) is 23.5 Å². The lowest BCUT2D eigenvalue weighted by atomic mass is 9.90. The number of rotatable bonds is 3. The number of carbonyl (C=O) groups excluding carboxylic acids is 2. The van der Waals surface area contributed by atoms with Gasteiger partial charge in [-0.2, -0.15) is 0 Å². The maximum absolute atomic E-state index is 11.7. The van der Waals surface area contributed by atoms with E-state index in [9.17, 15) is 9.59 Å². The van der Waals surface area contributed by atoms with Crippen LogP contribution in [-0.2, 0) is 12.8 Å². The molecule has 5 nitrogen and oxygen atoms in total. The van der Waals surface area contributed by atoms with Crippen molar-refractivity contribution in [2.45, 2.75) is 32.6 Å².